The molecule has 1 amide bonds. The first kappa shape index (κ1) is 15.0. The van der Waals surface area contributed by atoms with Crippen LogP contribution in [0.2, 0.25) is 0 Å². The molecule has 5 nitrogen and oxygen atoms in total. The molecule has 0 radical (unpaired) electrons. The summed E-state index contributed by atoms with van der Waals surface area (Å²) >= 11 is 1.31. The summed E-state index contributed by atoms with van der Waals surface area (Å²) in [5, 5.41) is 6.35. The van der Waals surface area contributed by atoms with Crippen LogP contribution in [-0.4, -0.2) is 15.9 Å². The molecule has 0 bridgehead atoms. The summed E-state index contributed by atoms with van der Waals surface area (Å²) in [6.07, 6.45) is 1.90. The fourth-order valence-corrected chi connectivity index (χ4v) is 3.19. The van der Waals surface area contributed by atoms with Gasteiger partial charge >= 0.3 is 0 Å². The number of thiazole rings is 1. The Hall–Kier alpha value is -2.54. The standard InChI is InChI=1S/C17H15FN4OS/c1-9-2-5-12(11(18)8-9)19-14-7-6-13-16(21-14)24-17(20-13)22-15(23)10-3-4-10/h2,5-8,10H,3-4H2,1H3,(H,19,21)(H,20,22,23). The van der Waals surface area contributed by atoms with Crippen molar-refractivity contribution in [2.24, 2.45) is 5.92 Å². The Kier molecular flexibility index (Phi) is 3.65. The van der Waals surface area contributed by atoms with E-state index < -0.39 is 0 Å². The zero-order valence-corrected chi connectivity index (χ0v) is 13.8. The maximum atomic E-state index is 13.9. The van der Waals surface area contributed by atoms with Gasteiger partial charge in [-0.15, -0.1) is 0 Å². The molecule has 24 heavy (non-hydrogen) atoms. The van der Waals surface area contributed by atoms with Crippen molar-refractivity contribution in [1.82, 2.24) is 9.97 Å². The number of rotatable bonds is 4. The number of nitrogens with zero attached hydrogens (tertiary/aromatic N) is 2. The van der Waals surface area contributed by atoms with Crippen LogP contribution in [0.5, 0.6) is 0 Å². The van der Waals surface area contributed by atoms with E-state index in [4.69, 9.17) is 0 Å². The van der Waals surface area contributed by atoms with E-state index in [0.29, 0.717) is 27.0 Å². The zero-order valence-electron chi connectivity index (χ0n) is 13.0. The van der Waals surface area contributed by atoms with Crippen LogP contribution >= 0.6 is 11.3 Å². The molecule has 0 atom stereocenters. The van der Waals surface area contributed by atoms with E-state index in [2.05, 4.69) is 20.6 Å². The molecule has 0 unspecified atom stereocenters. The van der Waals surface area contributed by atoms with Gasteiger partial charge in [0.05, 0.1) is 5.69 Å². The predicted molar refractivity (Wildman–Crippen MR) is 93.2 cm³/mol. The number of pyridine rings is 1. The molecule has 1 saturated carbocycles. The summed E-state index contributed by atoms with van der Waals surface area (Å²) in [5.41, 5.74) is 1.94. The Balaban J connectivity index is 1.57. The van der Waals surface area contributed by atoms with Gasteiger partial charge in [0.2, 0.25) is 5.91 Å². The molecule has 2 N–H and O–H groups in total. The van der Waals surface area contributed by atoms with Gasteiger partial charge in [-0.2, -0.15) is 0 Å². The van der Waals surface area contributed by atoms with Gasteiger partial charge in [0.25, 0.3) is 0 Å². The van der Waals surface area contributed by atoms with Crippen LogP contribution in [0, 0.1) is 18.7 Å². The molecular formula is C17H15FN4OS. The van der Waals surface area contributed by atoms with Crippen molar-refractivity contribution < 1.29 is 9.18 Å². The predicted octanol–water partition coefficient (Wildman–Crippen LogP) is 4.23. The maximum absolute atomic E-state index is 13.9. The Morgan fingerprint density at radius 3 is 2.83 bits per heavy atom. The first-order valence-electron chi connectivity index (χ1n) is 7.70. The smallest absolute Gasteiger partial charge is 0.229 e. The van der Waals surface area contributed by atoms with Gasteiger partial charge in [-0.25, -0.2) is 14.4 Å². The van der Waals surface area contributed by atoms with Crippen LogP contribution in [0.4, 0.5) is 21.0 Å². The Labute approximate surface area is 141 Å². The lowest BCUT2D eigenvalue weighted by Crippen LogP contribution is -2.12. The Morgan fingerprint density at radius 1 is 1.25 bits per heavy atom. The quantitative estimate of drug-likeness (QED) is 0.744. The second kappa shape index (κ2) is 5.83. The van der Waals surface area contributed by atoms with Gasteiger partial charge in [-0.1, -0.05) is 17.4 Å². The highest BCUT2D eigenvalue weighted by atomic mass is 32.1. The molecule has 1 aliphatic rings. The molecule has 1 aromatic carbocycles. The van der Waals surface area contributed by atoms with Gasteiger partial charge in [0.15, 0.2) is 5.13 Å². The third kappa shape index (κ3) is 3.07. The summed E-state index contributed by atoms with van der Waals surface area (Å²) < 4.78 is 13.9. The second-order valence-corrected chi connectivity index (χ2v) is 6.89. The number of fused-ring (bicyclic) bond motifs is 1. The van der Waals surface area contributed by atoms with E-state index in [1.165, 1.54) is 17.4 Å². The topological polar surface area (TPSA) is 66.9 Å². The monoisotopic (exact) mass is 342 g/mol. The minimum atomic E-state index is -0.321. The SMILES string of the molecule is Cc1ccc(Nc2ccc3nc(NC(=O)C4CC4)sc3n2)c(F)c1. The Morgan fingerprint density at radius 2 is 2.08 bits per heavy atom. The number of carbonyl (C=O) groups excluding carboxylic acids is 1. The lowest BCUT2D eigenvalue weighted by Gasteiger charge is -2.07. The van der Waals surface area contributed by atoms with Crippen molar-refractivity contribution in [3.63, 3.8) is 0 Å². The second-order valence-electron chi connectivity index (χ2n) is 5.91. The third-order valence-electron chi connectivity index (χ3n) is 3.82. The molecule has 2 heterocycles. The highest BCUT2D eigenvalue weighted by molar-refractivity contribution is 7.22. The van der Waals surface area contributed by atoms with E-state index in [0.717, 1.165) is 18.4 Å². The summed E-state index contributed by atoms with van der Waals surface area (Å²) in [5.74, 6) is 0.369. The average Bonchev–Trinajstić information content (AvgIpc) is 3.31. The highest BCUT2D eigenvalue weighted by Gasteiger charge is 2.30. The number of halogens is 1. The van der Waals surface area contributed by atoms with Crippen LogP contribution in [0.1, 0.15) is 18.4 Å². The summed E-state index contributed by atoms with van der Waals surface area (Å²) in [6.45, 7) is 1.84. The van der Waals surface area contributed by atoms with E-state index >= 15 is 0 Å². The minimum Gasteiger partial charge on any atom is -0.338 e. The third-order valence-corrected chi connectivity index (χ3v) is 4.70. The first-order valence-corrected chi connectivity index (χ1v) is 8.52. The lowest BCUT2D eigenvalue weighted by atomic mass is 10.2. The molecule has 0 saturated heterocycles. The fourth-order valence-electron chi connectivity index (χ4n) is 2.35. The van der Waals surface area contributed by atoms with Crippen molar-refractivity contribution in [3.8, 4) is 0 Å². The number of carbonyl (C=O) groups is 1. The fraction of sp³-hybridized carbons (Fsp3) is 0.235. The zero-order chi connectivity index (χ0) is 16.7. The summed E-state index contributed by atoms with van der Waals surface area (Å²) in [4.78, 5) is 21.3. The Bertz CT molecular complexity index is 935. The van der Waals surface area contributed by atoms with Crippen LogP contribution in [0.15, 0.2) is 30.3 Å². The van der Waals surface area contributed by atoms with Gasteiger partial charge in [0.1, 0.15) is 22.0 Å². The molecular weight excluding hydrogens is 327 g/mol. The number of aryl methyl sites for hydroxylation is 1. The van der Waals surface area contributed by atoms with Crippen LogP contribution in [-0.2, 0) is 4.79 Å². The number of hydrogen-bond acceptors (Lipinski definition) is 5. The lowest BCUT2D eigenvalue weighted by molar-refractivity contribution is -0.117. The number of benzene rings is 1. The van der Waals surface area contributed by atoms with E-state index in [9.17, 15) is 9.18 Å². The first-order chi connectivity index (χ1) is 11.6. The molecule has 1 fully saturated rings. The van der Waals surface area contributed by atoms with Gasteiger partial charge < -0.3 is 10.6 Å². The van der Waals surface area contributed by atoms with Gasteiger partial charge in [0, 0.05) is 5.92 Å². The van der Waals surface area contributed by atoms with Crippen molar-refractivity contribution >= 4 is 44.2 Å². The molecule has 3 aromatic rings. The molecule has 7 heteroatoms. The number of aromatic nitrogens is 2. The number of nitrogens with one attached hydrogen (secondary N) is 2. The van der Waals surface area contributed by atoms with Gasteiger partial charge in [-0.05, 0) is 49.6 Å². The van der Waals surface area contributed by atoms with E-state index in [-0.39, 0.29) is 17.6 Å². The minimum absolute atomic E-state index is 0.0223. The average molecular weight is 342 g/mol. The summed E-state index contributed by atoms with van der Waals surface area (Å²) in [7, 11) is 0. The van der Waals surface area contributed by atoms with Crippen LogP contribution in [0.25, 0.3) is 10.3 Å². The van der Waals surface area contributed by atoms with Crippen molar-refractivity contribution in [2.45, 2.75) is 19.8 Å². The number of anilines is 3. The normalized spacial score (nSPS) is 13.9. The molecule has 0 spiro atoms. The van der Waals surface area contributed by atoms with E-state index in [1.807, 2.05) is 13.0 Å². The van der Waals surface area contributed by atoms with Crippen LogP contribution in [0.3, 0.4) is 0 Å². The maximum Gasteiger partial charge on any atom is 0.229 e. The highest BCUT2D eigenvalue weighted by Crippen LogP contribution is 2.32. The molecule has 122 valence electrons. The summed E-state index contributed by atoms with van der Waals surface area (Å²) in [6, 6.07) is 8.54. The van der Waals surface area contributed by atoms with Crippen molar-refractivity contribution in [1.29, 1.82) is 0 Å². The van der Waals surface area contributed by atoms with Crippen molar-refractivity contribution in [2.75, 3.05) is 10.6 Å². The number of amides is 1. The number of hydrogen-bond donors (Lipinski definition) is 2. The molecule has 1 aliphatic carbocycles. The largest absolute Gasteiger partial charge is 0.338 e. The molecule has 4 rings (SSSR count). The van der Waals surface area contributed by atoms with E-state index in [1.54, 1.807) is 18.2 Å². The van der Waals surface area contributed by atoms with Gasteiger partial charge in [-0.3, -0.25) is 4.79 Å². The van der Waals surface area contributed by atoms with Crippen molar-refractivity contribution in [3.05, 3.63) is 41.7 Å². The van der Waals surface area contributed by atoms with Crippen LogP contribution < -0.4 is 10.6 Å². The molecule has 0 aliphatic heterocycles. The molecule has 2 aromatic heterocycles.